The molecule has 0 bridgehead atoms. The lowest BCUT2D eigenvalue weighted by Gasteiger charge is -2.00. The van der Waals surface area contributed by atoms with Crippen LogP contribution in [0.4, 0.5) is 0 Å². The van der Waals surface area contributed by atoms with Crippen molar-refractivity contribution in [3.8, 4) is 0 Å². The second kappa shape index (κ2) is 3.75. The number of aromatic nitrogens is 2. The summed E-state index contributed by atoms with van der Waals surface area (Å²) in [6, 6.07) is 3.61. The van der Waals surface area contributed by atoms with E-state index in [0.717, 1.165) is 12.0 Å². The van der Waals surface area contributed by atoms with Crippen LogP contribution in [0.3, 0.4) is 0 Å². The molecule has 0 aliphatic heterocycles. The highest BCUT2D eigenvalue weighted by molar-refractivity contribution is 8.13. The molecule has 4 nitrogen and oxygen atoms in total. The van der Waals surface area contributed by atoms with E-state index in [1.165, 1.54) is 0 Å². The Morgan fingerprint density at radius 3 is 2.69 bits per heavy atom. The number of nitrogens with zero attached hydrogens (tertiary/aromatic N) is 2. The number of halogens is 1. The maximum absolute atomic E-state index is 11.3. The molecule has 0 unspecified atom stereocenters. The van der Waals surface area contributed by atoms with Crippen LogP contribution in [0.15, 0.2) is 23.4 Å². The average molecular weight is 259 g/mol. The van der Waals surface area contributed by atoms with Crippen molar-refractivity contribution in [1.82, 2.24) is 9.38 Å². The van der Waals surface area contributed by atoms with Crippen molar-refractivity contribution >= 4 is 25.2 Å². The third-order valence-corrected chi connectivity index (χ3v) is 3.68. The molecule has 0 aromatic carbocycles. The van der Waals surface area contributed by atoms with E-state index in [1.807, 2.05) is 19.2 Å². The largest absolute Gasteiger partial charge is 0.302 e. The summed E-state index contributed by atoms with van der Waals surface area (Å²) in [4.78, 5) is 3.98. The molecule has 0 radical (unpaired) electrons. The van der Waals surface area contributed by atoms with E-state index in [1.54, 1.807) is 17.4 Å². The molecule has 16 heavy (non-hydrogen) atoms. The first kappa shape index (κ1) is 11.4. The number of aryl methyl sites for hydroxylation is 2. The Morgan fingerprint density at radius 1 is 1.44 bits per heavy atom. The molecule has 0 N–H and O–H groups in total. The van der Waals surface area contributed by atoms with E-state index in [9.17, 15) is 8.42 Å². The number of rotatable bonds is 2. The van der Waals surface area contributed by atoms with E-state index in [4.69, 9.17) is 10.7 Å². The predicted molar refractivity (Wildman–Crippen MR) is 62.3 cm³/mol. The fourth-order valence-electron chi connectivity index (χ4n) is 1.63. The lowest BCUT2D eigenvalue weighted by atomic mass is 10.2. The third kappa shape index (κ3) is 1.81. The number of pyridine rings is 1. The van der Waals surface area contributed by atoms with Crippen LogP contribution in [0.2, 0.25) is 0 Å². The van der Waals surface area contributed by atoms with Crippen LogP contribution in [0.5, 0.6) is 0 Å². The van der Waals surface area contributed by atoms with Gasteiger partial charge in [-0.15, -0.1) is 0 Å². The summed E-state index contributed by atoms with van der Waals surface area (Å²) in [5, 5.41) is -0.0747. The molecule has 0 aliphatic rings. The molecule has 86 valence electrons. The molecule has 0 fully saturated rings. The standard InChI is InChI=1S/C10H11ClN2O2S/c1-3-8-4-5-9-10(16(11,14)15)12-7(2)13(9)6-8/h4-6H,3H2,1-2H3. The van der Waals surface area contributed by atoms with Gasteiger partial charge in [0.05, 0.1) is 5.52 Å². The molecule has 6 heteroatoms. The summed E-state index contributed by atoms with van der Waals surface area (Å²) in [6.07, 6.45) is 2.76. The minimum atomic E-state index is -3.79. The van der Waals surface area contributed by atoms with Crippen LogP contribution in [0.25, 0.3) is 5.52 Å². The molecule has 2 heterocycles. The Hall–Kier alpha value is -1.07. The van der Waals surface area contributed by atoms with Gasteiger partial charge in [-0.3, -0.25) is 0 Å². The Bertz CT molecular complexity index is 646. The first-order valence-electron chi connectivity index (χ1n) is 4.85. The monoisotopic (exact) mass is 258 g/mol. The van der Waals surface area contributed by atoms with Crippen molar-refractivity contribution in [3.05, 3.63) is 29.7 Å². The summed E-state index contributed by atoms with van der Waals surface area (Å²) >= 11 is 0. The lowest BCUT2D eigenvalue weighted by molar-refractivity contribution is 0.607. The minimum absolute atomic E-state index is 0.0747. The second-order valence-corrected chi connectivity index (χ2v) is 6.03. The van der Waals surface area contributed by atoms with Crippen LogP contribution in [0.1, 0.15) is 18.3 Å². The molecule has 2 rings (SSSR count). The van der Waals surface area contributed by atoms with Gasteiger partial charge in [0, 0.05) is 16.9 Å². The number of fused-ring (bicyclic) bond motifs is 1. The number of hydrogen-bond acceptors (Lipinski definition) is 3. The molecule has 0 spiro atoms. The highest BCUT2D eigenvalue weighted by Gasteiger charge is 2.19. The Morgan fingerprint density at radius 2 is 2.12 bits per heavy atom. The summed E-state index contributed by atoms with van der Waals surface area (Å²) in [5.41, 5.74) is 1.64. The molecular weight excluding hydrogens is 248 g/mol. The SMILES string of the molecule is CCc1ccc2c(S(=O)(=O)Cl)nc(C)n2c1. The van der Waals surface area contributed by atoms with Gasteiger partial charge in [-0.2, -0.15) is 0 Å². The van der Waals surface area contributed by atoms with E-state index < -0.39 is 9.05 Å². The molecular formula is C10H11ClN2O2S. The van der Waals surface area contributed by atoms with Crippen LogP contribution < -0.4 is 0 Å². The van der Waals surface area contributed by atoms with Gasteiger partial charge >= 0.3 is 0 Å². The molecule has 0 saturated heterocycles. The zero-order chi connectivity index (χ0) is 11.9. The molecule has 2 aromatic heterocycles. The van der Waals surface area contributed by atoms with Gasteiger partial charge in [0.1, 0.15) is 5.82 Å². The van der Waals surface area contributed by atoms with E-state index >= 15 is 0 Å². The molecule has 0 saturated carbocycles. The van der Waals surface area contributed by atoms with Crippen molar-refractivity contribution in [2.45, 2.75) is 25.3 Å². The maximum Gasteiger partial charge on any atom is 0.280 e. The smallest absolute Gasteiger partial charge is 0.280 e. The number of imidazole rings is 1. The summed E-state index contributed by atoms with van der Waals surface area (Å²) in [6.45, 7) is 3.78. The Labute approximate surface area is 98.3 Å². The maximum atomic E-state index is 11.3. The second-order valence-electron chi connectivity index (χ2n) is 3.55. The topological polar surface area (TPSA) is 51.4 Å². The van der Waals surface area contributed by atoms with Crippen molar-refractivity contribution < 1.29 is 8.42 Å². The summed E-state index contributed by atoms with van der Waals surface area (Å²) < 4.78 is 24.4. The van der Waals surface area contributed by atoms with Gasteiger partial charge in [0.15, 0.2) is 5.03 Å². The van der Waals surface area contributed by atoms with Gasteiger partial charge < -0.3 is 4.40 Å². The molecule has 2 aromatic rings. The predicted octanol–water partition coefficient (Wildman–Crippen LogP) is 2.13. The van der Waals surface area contributed by atoms with Gasteiger partial charge in [0.25, 0.3) is 9.05 Å². The lowest BCUT2D eigenvalue weighted by Crippen LogP contribution is -1.93. The van der Waals surface area contributed by atoms with E-state index in [-0.39, 0.29) is 5.03 Å². The van der Waals surface area contributed by atoms with Crippen molar-refractivity contribution in [2.24, 2.45) is 0 Å². The zero-order valence-electron chi connectivity index (χ0n) is 8.94. The highest BCUT2D eigenvalue weighted by atomic mass is 35.7. The van der Waals surface area contributed by atoms with Crippen LogP contribution in [-0.4, -0.2) is 17.8 Å². The average Bonchev–Trinajstić information content (AvgIpc) is 2.55. The van der Waals surface area contributed by atoms with E-state index in [0.29, 0.717) is 11.3 Å². The first-order chi connectivity index (χ1) is 7.43. The Balaban J connectivity index is 2.82. The van der Waals surface area contributed by atoms with Gasteiger partial charge in [-0.1, -0.05) is 13.0 Å². The molecule has 0 aliphatic carbocycles. The van der Waals surface area contributed by atoms with Gasteiger partial charge in [0.2, 0.25) is 0 Å². The van der Waals surface area contributed by atoms with E-state index in [2.05, 4.69) is 4.98 Å². The van der Waals surface area contributed by atoms with Crippen molar-refractivity contribution in [2.75, 3.05) is 0 Å². The normalized spacial score (nSPS) is 12.2. The minimum Gasteiger partial charge on any atom is -0.302 e. The van der Waals surface area contributed by atoms with Crippen LogP contribution in [0, 0.1) is 6.92 Å². The Kier molecular flexibility index (Phi) is 2.67. The van der Waals surface area contributed by atoms with Crippen molar-refractivity contribution in [1.29, 1.82) is 0 Å². The van der Waals surface area contributed by atoms with Gasteiger partial charge in [-0.05, 0) is 25.0 Å². The zero-order valence-corrected chi connectivity index (χ0v) is 10.5. The van der Waals surface area contributed by atoms with Crippen LogP contribution >= 0.6 is 10.7 Å². The fourth-order valence-corrected chi connectivity index (χ4v) is 2.63. The molecule has 0 atom stereocenters. The molecule has 0 amide bonds. The highest BCUT2D eigenvalue weighted by Crippen LogP contribution is 2.22. The fraction of sp³-hybridized carbons (Fsp3) is 0.300. The first-order valence-corrected chi connectivity index (χ1v) is 7.16. The van der Waals surface area contributed by atoms with Gasteiger partial charge in [-0.25, -0.2) is 13.4 Å². The summed E-state index contributed by atoms with van der Waals surface area (Å²) in [5.74, 6) is 0.615. The van der Waals surface area contributed by atoms with Crippen LogP contribution in [-0.2, 0) is 15.5 Å². The summed E-state index contributed by atoms with van der Waals surface area (Å²) in [7, 11) is 1.53. The third-order valence-electron chi connectivity index (χ3n) is 2.48. The number of hydrogen-bond donors (Lipinski definition) is 0. The van der Waals surface area contributed by atoms with Crippen molar-refractivity contribution in [3.63, 3.8) is 0 Å². The quantitative estimate of drug-likeness (QED) is 0.776.